The number of hydrogen-bond donors (Lipinski definition) is 0. The SMILES string of the molecule is Br.CC(=O)OC(C)=O. The summed E-state index contributed by atoms with van der Waals surface area (Å²) < 4.78 is 3.97. The number of rotatable bonds is 0. The van der Waals surface area contributed by atoms with Crippen molar-refractivity contribution < 1.29 is 14.3 Å². The number of ether oxygens (including phenoxy) is 1. The van der Waals surface area contributed by atoms with E-state index in [2.05, 4.69) is 4.74 Å². The first-order chi connectivity index (χ1) is 3.13. The highest BCUT2D eigenvalue weighted by molar-refractivity contribution is 8.93. The molecule has 0 saturated heterocycles. The lowest BCUT2D eigenvalue weighted by Crippen LogP contribution is -2.03. The van der Waals surface area contributed by atoms with Crippen LogP contribution in [-0.4, -0.2) is 11.9 Å². The molecule has 0 unspecified atom stereocenters. The molecular formula is C4H7BrO3. The average molecular weight is 183 g/mol. The topological polar surface area (TPSA) is 43.4 Å². The summed E-state index contributed by atoms with van der Waals surface area (Å²) in [5.41, 5.74) is 0. The minimum absolute atomic E-state index is 0. The molecule has 0 saturated carbocycles. The fourth-order valence-electron chi connectivity index (χ4n) is 0.202. The van der Waals surface area contributed by atoms with Crippen molar-refractivity contribution in [3.63, 3.8) is 0 Å². The quantitative estimate of drug-likeness (QED) is 0.409. The molecule has 0 aliphatic heterocycles. The van der Waals surface area contributed by atoms with Gasteiger partial charge in [-0.2, -0.15) is 0 Å². The van der Waals surface area contributed by atoms with Crippen molar-refractivity contribution in [2.45, 2.75) is 13.8 Å². The number of halogens is 1. The molecule has 0 fully saturated rings. The van der Waals surface area contributed by atoms with Crippen LogP contribution in [0.5, 0.6) is 0 Å². The van der Waals surface area contributed by atoms with Crippen molar-refractivity contribution in [1.29, 1.82) is 0 Å². The van der Waals surface area contributed by atoms with Crippen LogP contribution in [0.1, 0.15) is 13.8 Å². The second-order valence-corrected chi connectivity index (χ2v) is 1.09. The van der Waals surface area contributed by atoms with Crippen LogP contribution in [0.3, 0.4) is 0 Å². The van der Waals surface area contributed by atoms with Crippen LogP contribution in [0.4, 0.5) is 0 Å². The van der Waals surface area contributed by atoms with E-state index in [0.717, 1.165) is 0 Å². The van der Waals surface area contributed by atoms with Gasteiger partial charge in [-0.3, -0.25) is 9.59 Å². The molecule has 0 spiro atoms. The van der Waals surface area contributed by atoms with E-state index in [-0.39, 0.29) is 17.0 Å². The largest absolute Gasteiger partial charge is 0.394 e. The Bertz CT molecular complexity index is 87.5. The monoisotopic (exact) mass is 182 g/mol. The van der Waals surface area contributed by atoms with Crippen LogP contribution >= 0.6 is 17.0 Å². The fourth-order valence-corrected chi connectivity index (χ4v) is 0.202. The van der Waals surface area contributed by atoms with Gasteiger partial charge < -0.3 is 4.74 Å². The first kappa shape index (κ1) is 10.6. The standard InChI is InChI=1S/C4H6O3.BrH/c1-3(5)7-4(2)6;/h1-2H3;1H. The lowest BCUT2D eigenvalue weighted by atomic mass is 10.7. The zero-order valence-corrected chi connectivity index (χ0v) is 6.35. The molecule has 0 aromatic heterocycles. The van der Waals surface area contributed by atoms with Crippen LogP contribution in [0, 0.1) is 0 Å². The molecule has 0 aromatic rings. The lowest BCUT2D eigenvalue weighted by Gasteiger charge is -1.87. The number of carbonyl (C=O) groups excluding carboxylic acids is 2. The van der Waals surface area contributed by atoms with Crippen LogP contribution in [0.2, 0.25) is 0 Å². The van der Waals surface area contributed by atoms with E-state index in [1.54, 1.807) is 0 Å². The smallest absolute Gasteiger partial charge is 0.310 e. The zero-order valence-electron chi connectivity index (χ0n) is 4.63. The highest BCUT2D eigenvalue weighted by Gasteiger charge is 1.93. The molecule has 8 heavy (non-hydrogen) atoms. The van der Waals surface area contributed by atoms with E-state index in [0.29, 0.717) is 0 Å². The summed E-state index contributed by atoms with van der Waals surface area (Å²) in [5.74, 6) is -1.12. The van der Waals surface area contributed by atoms with E-state index >= 15 is 0 Å². The molecule has 0 atom stereocenters. The number of esters is 2. The Morgan fingerprint density at radius 2 is 1.38 bits per heavy atom. The molecule has 48 valence electrons. The van der Waals surface area contributed by atoms with Gasteiger partial charge in [-0.05, 0) is 0 Å². The summed E-state index contributed by atoms with van der Waals surface area (Å²) in [5, 5.41) is 0. The van der Waals surface area contributed by atoms with Gasteiger partial charge in [0.15, 0.2) is 0 Å². The Labute approximate surface area is 57.8 Å². The van der Waals surface area contributed by atoms with E-state index < -0.39 is 11.9 Å². The predicted octanol–water partition coefficient (Wildman–Crippen LogP) is 0.674. The Morgan fingerprint density at radius 1 is 1.12 bits per heavy atom. The molecule has 3 nitrogen and oxygen atoms in total. The molecule has 0 aromatic carbocycles. The van der Waals surface area contributed by atoms with Crippen molar-refractivity contribution in [2.24, 2.45) is 0 Å². The Kier molecular flexibility index (Phi) is 6.31. The van der Waals surface area contributed by atoms with Crippen molar-refractivity contribution in [1.82, 2.24) is 0 Å². The van der Waals surface area contributed by atoms with Gasteiger partial charge in [-0.1, -0.05) is 0 Å². The van der Waals surface area contributed by atoms with Gasteiger partial charge >= 0.3 is 11.9 Å². The number of hydrogen-bond acceptors (Lipinski definition) is 3. The minimum Gasteiger partial charge on any atom is -0.394 e. The van der Waals surface area contributed by atoms with Gasteiger partial charge in [0.2, 0.25) is 0 Å². The van der Waals surface area contributed by atoms with Crippen LogP contribution in [0.25, 0.3) is 0 Å². The Morgan fingerprint density at radius 3 is 1.38 bits per heavy atom. The maximum Gasteiger partial charge on any atom is 0.310 e. The zero-order chi connectivity index (χ0) is 5.86. The molecule has 0 amide bonds. The highest BCUT2D eigenvalue weighted by atomic mass is 79.9. The first-order valence-electron chi connectivity index (χ1n) is 1.82. The average Bonchev–Trinajstić information content (AvgIpc) is 1.27. The Balaban J connectivity index is 0. The molecule has 0 radical (unpaired) electrons. The van der Waals surface area contributed by atoms with Crippen LogP contribution in [-0.2, 0) is 14.3 Å². The third-order valence-electron chi connectivity index (χ3n) is 0.287. The molecule has 4 heteroatoms. The summed E-state index contributed by atoms with van der Waals surface area (Å²) in [6, 6.07) is 0. The lowest BCUT2D eigenvalue weighted by molar-refractivity contribution is -0.156. The van der Waals surface area contributed by atoms with Gasteiger partial charge in [-0.25, -0.2) is 0 Å². The normalized spacial score (nSPS) is 6.75. The third-order valence-corrected chi connectivity index (χ3v) is 0.287. The fraction of sp³-hybridized carbons (Fsp3) is 0.500. The molecule has 0 aliphatic rings. The van der Waals surface area contributed by atoms with E-state index in [4.69, 9.17) is 0 Å². The second kappa shape index (κ2) is 4.77. The third kappa shape index (κ3) is 9.15. The molecular weight excluding hydrogens is 176 g/mol. The summed E-state index contributed by atoms with van der Waals surface area (Å²) in [6.45, 7) is 2.36. The first-order valence-corrected chi connectivity index (χ1v) is 1.82. The summed E-state index contributed by atoms with van der Waals surface area (Å²) in [4.78, 5) is 19.6. The van der Waals surface area contributed by atoms with Gasteiger partial charge in [0, 0.05) is 13.8 Å². The molecule has 0 heterocycles. The molecule has 0 rings (SSSR count). The van der Waals surface area contributed by atoms with E-state index in [1.807, 2.05) is 0 Å². The van der Waals surface area contributed by atoms with Crippen LogP contribution < -0.4 is 0 Å². The molecule has 0 N–H and O–H groups in total. The van der Waals surface area contributed by atoms with Crippen LogP contribution in [0.15, 0.2) is 0 Å². The minimum atomic E-state index is -0.562. The van der Waals surface area contributed by atoms with Gasteiger partial charge in [0.05, 0.1) is 0 Å². The predicted molar refractivity (Wildman–Crippen MR) is 32.8 cm³/mol. The van der Waals surface area contributed by atoms with Crippen molar-refractivity contribution in [3.05, 3.63) is 0 Å². The molecule has 0 aliphatic carbocycles. The van der Waals surface area contributed by atoms with Gasteiger partial charge in [-0.15, -0.1) is 17.0 Å². The molecule has 0 bridgehead atoms. The second-order valence-electron chi connectivity index (χ2n) is 1.09. The summed E-state index contributed by atoms with van der Waals surface area (Å²) >= 11 is 0. The van der Waals surface area contributed by atoms with Crippen molar-refractivity contribution in [3.8, 4) is 0 Å². The summed E-state index contributed by atoms with van der Waals surface area (Å²) in [7, 11) is 0. The highest BCUT2D eigenvalue weighted by Crippen LogP contribution is 1.73. The van der Waals surface area contributed by atoms with E-state index in [1.165, 1.54) is 13.8 Å². The van der Waals surface area contributed by atoms with Crippen molar-refractivity contribution >= 4 is 28.9 Å². The number of carbonyl (C=O) groups is 2. The van der Waals surface area contributed by atoms with E-state index in [9.17, 15) is 9.59 Å². The van der Waals surface area contributed by atoms with Gasteiger partial charge in [0.1, 0.15) is 0 Å². The maximum absolute atomic E-state index is 9.81. The van der Waals surface area contributed by atoms with Gasteiger partial charge in [0.25, 0.3) is 0 Å². The Hall–Kier alpha value is -0.380. The van der Waals surface area contributed by atoms with Crippen molar-refractivity contribution in [2.75, 3.05) is 0 Å². The summed E-state index contributed by atoms with van der Waals surface area (Å²) in [6.07, 6.45) is 0. The maximum atomic E-state index is 9.81.